The summed E-state index contributed by atoms with van der Waals surface area (Å²) in [4.78, 5) is 24.8. The number of allylic oxidation sites excluding steroid dienone is 6. The summed E-state index contributed by atoms with van der Waals surface area (Å²) >= 11 is 0. The zero-order valence-corrected chi connectivity index (χ0v) is 13.3. The lowest BCUT2D eigenvalue weighted by Crippen LogP contribution is -2.26. The van der Waals surface area contributed by atoms with E-state index in [4.69, 9.17) is 16.2 Å². The molecule has 0 spiro atoms. The van der Waals surface area contributed by atoms with Crippen molar-refractivity contribution in [2.75, 3.05) is 6.61 Å². The van der Waals surface area contributed by atoms with Crippen LogP contribution < -0.4 is 16.2 Å². The van der Waals surface area contributed by atoms with Crippen molar-refractivity contribution < 1.29 is 14.3 Å². The molecule has 0 radical (unpaired) electrons. The predicted molar refractivity (Wildman–Crippen MR) is 91.8 cm³/mol. The van der Waals surface area contributed by atoms with Gasteiger partial charge in [0.2, 0.25) is 0 Å². The summed E-state index contributed by atoms with van der Waals surface area (Å²) in [5.41, 5.74) is 13.9. The van der Waals surface area contributed by atoms with Crippen molar-refractivity contribution in [1.29, 1.82) is 0 Å². The Morgan fingerprint density at radius 3 is 2.33 bits per heavy atom. The molecule has 0 saturated heterocycles. The van der Waals surface area contributed by atoms with Crippen molar-refractivity contribution in [3.05, 3.63) is 70.6 Å². The van der Waals surface area contributed by atoms with Crippen LogP contribution in [0.1, 0.15) is 18.9 Å². The zero-order valence-electron chi connectivity index (χ0n) is 13.3. The highest BCUT2D eigenvalue weighted by Crippen LogP contribution is 2.34. The molecule has 24 heavy (non-hydrogen) atoms. The number of carbonyl (C=O) groups excluding carboxylic acids is 2. The lowest BCUT2D eigenvalue weighted by Gasteiger charge is -2.22. The third-order valence-electron chi connectivity index (χ3n) is 3.90. The second-order valence-corrected chi connectivity index (χ2v) is 5.62. The SMILES string of the molecule is CCCOc1ccc(C2=CC(N)=C3C(=O)C=CC(N)=C3C2=O)cc1. The van der Waals surface area contributed by atoms with Gasteiger partial charge in [0.15, 0.2) is 11.6 Å². The first-order valence-corrected chi connectivity index (χ1v) is 7.74. The molecule has 0 aromatic heterocycles. The van der Waals surface area contributed by atoms with Gasteiger partial charge in [0.1, 0.15) is 5.75 Å². The van der Waals surface area contributed by atoms with Gasteiger partial charge in [-0.05, 0) is 42.3 Å². The van der Waals surface area contributed by atoms with Gasteiger partial charge in [0.25, 0.3) is 0 Å². The van der Waals surface area contributed by atoms with Crippen molar-refractivity contribution in [3.63, 3.8) is 0 Å². The second-order valence-electron chi connectivity index (χ2n) is 5.62. The number of ketones is 2. The highest BCUT2D eigenvalue weighted by Gasteiger charge is 2.32. The van der Waals surface area contributed by atoms with Gasteiger partial charge in [-0.25, -0.2) is 0 Å². The minimum atomic E-state index is -0.302. The van der Waals surface area contributed by atoms with Crippen LogP contribution >= 0.6 is 0 Å². The van der Waals surface area contributed by atoms with E-state index in [1.165, 1.54) is 18.2 Å². The van der Waals surface area contributed by atoms with Crippen molar-refractivity contribution in [3.8, 4) is 5.75 Å². The minimum Gasteiger partial charge on any atom is -0.494 e. The van der Waals surface area contributed by atoms with Gasteiger partial charge in [-0.15, -0.1) is 0 Å². The smallest absolute Gasteiger partial charge is 0.196 e. The summed E-state index contributed by atoms with van der Waals surface area (Å²) in [6.45, 7) is 2.67. The van der Waals surface area contributed by atoms with Crippen LogP contribution in [-0.2, 0) is 9.59 Å². The number of carbonyl (C=O) groups is 2. The van der Waals surface area contributed by atoms with Crippen LogP contribution in [0.4, 0.5) is 0 Å². The lowest BCUT2D eigenvalue weighted by molar-refractivity contribution is -0.113. The monoisotopic (exact) mass is 322 g/mol. The first-order chi connectivity index (χ1) is 11.5. The van der Waals surface area contributed by atoms with Crippen molar-refractivity contribution in [1.82, 2.24) is 0 Å². The molecule has 1 aromatic rings. The van der Waals surface area contributed by atoms with E-state index in [0.717, 1.165) is 12.2 Å². The van der Waals surface area contributed by atoms with E-state index < -0.39 is 0 Å². The van der Waals surface area contributed by atoms with E-state index in [0.29, 0.717) is 17.7 Å². The number of fused-ring (bicyclic) bond motifs is 1. The third-order valence-corrected chi connectivity index (χ3v) is 3.90. The number of rotatable bonds is 4. The van der Waals surface area contributed by atoms with Crippen LogP contribution in [0.2, 0.25) is 0 Å². The van der Waals surface area contributed by atoms with Crippen LogP contribution in [0.25, 0.3) is 5.57 Å². The summed E-state index contributed by atoms with van der Waals surface area (Å²) in [5.74, 6) is 0.142. The average Bonchev–Trinajstić information content (AvgIpc) is 2.59. The molecule has 5 heteroatoms. The van der Waals surface area contributed by atoms with Crippen molar-refractivity contribution in [2.24, 2.45) is 11.5 Å². The molecule has 1 aromatic carbocycles. The first-order valence-electron chi connectivity index (χ1n) is 7.74. The molecule has 2 aliphatic rings. The van der Waals surface area contributed by atoms with Gasteiger partial charge in [0, 0.05) is 17.0 Å². The Balaban J connectivity index is 2.01. The summed E-state index contributed by atoms with van der Waals surface area (Å²) < 4.78 is 5.54. The van der Waals surface area contributed by atoms with Gasteiger partial charge >= 0.3 is 0 Å². The van der Waals surface area contributed by atoms with Gasteiger partial charge in [-0.3, -0.25) is 9.59 Å². The molecule has 0 aliphatic heterocycles. The maximum atomic E-state index is 12.8. The molecule has 0 bridgehead atoms. The lowest BCUT2D eigenvalue weighted by atomic mass is 9.81. The van der Waals surface area contributed by atoms with E-state index in [1.54, 1.807) is 24.3 Å². The first kappa shape index (κ1) is 15.8. The Hall–Kier alpha value is -3.08. The molecule has 0 heterocycles. The summed E-state index contributed by atoms with van der Waals surface area (Å²) in [7, 11) is 0. The summed E-state index contributed by atoms with van der Waals surface area (Å²) in [6.07, 6.45) is 5.22. The second kappa shape index (κ2) is 6.20. The van der Waals surface area contributed by atoms with E-state index in [-0.39, 0.29) is 34.1 Å². The van der Waals surface area contributed by atoms with E-state index in [9.17, 15) is 9.59 Å². The predicted octanol–water partition coefficient (Wildman–Crippen LogP) is 2.01. The molecule has 0 saturated carbocycles. The fourth-order valence-corrected chi connectivity index (χ4v) is 2.72. The molecule has 0 amide bonds. The number of ether oxygens (including phenoxy) is 1. The molecule has 4 N–H and O–H groups in total. The maximum Gasteiger partial charge on any atom is 0.196 e. The fraction of sp³-hybridized carbons (Fsp3) is 0.158. The molecule has 0 unspecified atom stereocenters. The topological polar surface area (TPSA) is 95.4 Å². The van der Waals surface area contributed by atoms with Crippen molar-refractivity contribution >= 4 is 17.1 Å². The molecular formula is C19H18N2O3. The third kappa shape index (κ3) is 2.65. The Bertz CT molecular complexity index is 840. The normalized spacial score (nSPS) is 17.1. The standard InChI is InChI=1S/C19H18N2O3/c1-2-9-24-12-5-3-11(4-6-12)13-10-15(21)17-16(22)8-7-14(20)18(17)19(13)23/h3-8,10H,2,9,20-21H2,1H3. The van der Waals surface area contributed by atoms with Crippen LogP contribution in [0.5, 0.6) is 5.75 Å². The van der Waals surface area contributed by atoms with Crippen LogP contribution in [0.3, 0.4) is 0 Å². The number of benzene rings is 1. The van der Waals surface area contributed by atoms with E-state index in [2.05, 4.69) is 0 Å². The fourth-order valence-electron chi connectivity index (χ4n) is 2.72. The highest BCUT2D eigenvalue weighted by molar-refractivity contribution is 6.36. The number of hydrogen-bond acceptors (Lipinski definition) is 5. The Morgan fingerprint density at radius 2 is 1.67 bits per heavy atom. The van der Waals surface area contributed by atoms with E-state index >= 15 is 0 Å². The molecule has 5 nitrogen and oxygen atoms in total. The average molecular weight is 322 g/mol. The molecule has 0 fully saturated rings. The van der Waals surface area contributed by atoms with Gasteiger partial charge in [0.05, 0.1) is 17.8 Å². The van der Waals surface area contributed by atoms with Crippen LogP contribution in [0, 0.1) is 0 Å². The molecular weight excluding hydrogens is 304 g/mol. The Morgan fingerprint density at radius 1 is 0.958 bits per heavy atom. The maximum absolute atomic E-state index is 12.8. The minimum absolute atomic E-state index is 0.184. The highest BCUT2D eigenvalue weighted by atomic mass is 16.5. The molecule has 3 rings (SSSR count). The van der Waals surface area contributed by atoms with Crippen molar-refractivity contribution in [2.45, 2.75) is 13.3 Å². The molecule has 2 aliphatic carbocycles. The van der Waals surface area contributed by atoms with Gasteiger partial charge in [-0.1, -0.05) is 19.1 Å². The number of Topliss-reactive ketones (excluding diaryl/α,β-unsaturated/α-hetero) is 1. The van der Waals surface area contributed by atoms with E-state index in [1.807, 2.05) is 6.92 Å². The molecule has 122 valence electrons. The summed E-state index contributed by atoms with van der Waals surface area (Å²) in [5, 5.41) is 0. The quantitative estimate of drug-likeness (QED) is 0.884. The number of nitrogens with two attached hydrogens (primary N) is 2. The molecule has 0 atom stereocenters. The Kier molecular flexibility index (Phi) is 4.08. The largest absolute Gasteiger partial charge is 0.494 e. The van der Waals surface area contributed by atoms with Crippen LogP contribution in [0.15, 0.2) is 65.0 Å². The number of hydrogen-bond donors (Lipinski definition) is 2. The van der Waals surface area contributed by atoms with Gasteiger partial charge in [-0.2, -0.15) is 0 Å². The Labute approximate surface area is 140 Å². The zero-order chi connectivity index (χ0) is 17.3. The van der Waals surface area contributed by atoms with Crippen LogP contribution in [-0.4, -0.2) is 18.2 Å². The van der Waals surface area contributed by atoms with Gasteiger partial charge < -0.3 is 16.2 Å². The summed E-state index contributed by atoms with van der Waals surface area (Å²) in [6, 6.07) is 7.20.